The quantitative estimate of drug-likeness (QED) is 0.630. The Hall–Kier alpha value is -1.64. The summed E-state index contributed by atoms with van der Waals surface area (Å²) in [6.45, 7) is 0.563. The van der Waals surface area contributed by atoms with E-state index >= 15 is 0 Å². The van der Waals surface area contributed by atoms with Gasteiger partial charge in [-0.25, -0.2) is 8.42 Å². The molecule has 1 unspecified atom stereocenters. The highest BCUT2D eigenvalue weighted by molar-refractivity contribution is 7.89. The monoisotopic (exact) mass is 314 g/mol. The predicted molar refractivity (Wildman–Crippen MR) is 76.0 cm³/mol. The summed E-state index contributed by atoms with van der Waals surface area (Å²) in [5.74, 6) is -0.432. The molecule has 1 aromatic rings. The van der Waals surface area contributed by atoms with Gasteiger partial charge in [0, 0.05) is 13.1 Å². The van der Waals surface area contributed by atoms with E-state index in [1.807, 2.05) is 0 Å². The molecule has 2 rings (SSSR count). The Morgan fingerprint density at radius 1 is 1.48 bits per heavy atom. The summed E-state index contributed by atoms with van der Waals surface area (Å²) in [5.41, 5.74) is 5.94. The van der Waals surface area contributed by atoms with Gasteiger partial charge < -0.3 is 15.2 Å². The first kappa shape index (κ1) is 15.7. The van der Waals surface area contributed by atoms with Crippen molar-refractivity contribution in [2.24, 2.45) is 0 Å². The van der Waals surface area contributed by atoms with Crippen molar-refractivity contribution in [3.05, 3.63) is 24.3 Å². The van der Waals surface area contributed by atoms with Crippen LogP contribution in [0.4, 0.5) is 5.69 Å². The molecule has 2 N–H and O–H groups in total. The van der Waals surface area contributed by atoms with Crippen LogP contribution < -0.4 is 5.73 Å². The fourth-order valence-corrected chi connectivity index (χ4v) is 3.73. The predicted octanol–water partition coefficient (Wildman–Crippen LogP) is 0.221. The van der Waals surface area contributed by atoms with Gasteiger partial charge in [-0.3, -0.25) is 4.79 Å². The molecule has 7 nitrogen and oxygen atoms in total. The molecule has 21 heavy (non-hydrogen) atoms. The molecule has 0 amide bonds. The summed E-state index contributed by atoms with van der Waals surface area (Å²) in [4.78, 5) is 11.3. The number of para-hydroxylation sites is 1. The average molecular weight is 314 g/mol. The highest BCUT2D eigenvalue weighted by Crippen LogP contribution is 2.24. The lowest BCUT2D eigenvalue weighted by Gasteiger charge is -2.31. The summed E-state index contributed by atoms with van der Waals surface area (Å²) in [6, 6.07) is 6.30. The Balaban J connectivity index is 2.17. The molecule has 0 spiro atoms. The maximum Gasteiger partial charge on any atom is 0.308 e. The number of carbonyl (C=O) groups is 1. The number of nitrogen functional groups attached to an aromatic ring is 1. The number of ether oxygens (including phenoxy) is 2. The van der Waals surface area contributed by atoms with Crippen LogP contribution in [0.5, 0.6) is 0 Å². The van der Waals surface area contributed by atoms with Crippen molar-refractivity contribution in [2.45, 2.75) is 17.4 Å². The van der Waals surface area contributed by atoms with Crippen molar-refractivity contribution in [2.75, 3.05) is 32.5 Å². The van der Waals surface area contributed by atoms with Gasteiger partial charge in [0.05, 0.1) is 31.9 Å². The number of benzene rings is 1. The molecule has 8 heteroatoms. The molecule has 0 aromatic heterocycles. The van der Waals surface area contributed by atoms with E-state index in [9.17, 15) is 13.2 Å². The number of esters is 1. The van der Waals surface area contributed by atoms with E-state index in [0.717, 1.165) is 0 Å². The van der Waals surface area contributed by atoms with E-state index in [0.29, 0.717) is 0 Å². The normalized spacial score (nSPS) is 20.1. The molecule has 1 aliphatic heterocycles. The summed E-state index contributed by atoms with van der Waals surface area (Å²) in [6.07, 6.45) is -0.488. The molecular weight excluding hydrogens is 296 g/mol. The Kier molecular flexibility index (Phi) is 4.81. The van der Waals surface area contributed by atoms with E-state index in [-0.39, 0.29) is 36.7 Å². The summed E-state index contributed by atoms with van der Waals surface area (Å²) < 4.78 is 36.4. The van der Waals surface area contributed by atoms with Gasteiger partial charge in [0.25, 0.3) is 0 Å². The van der Waals surface area contributed by atoms with Crippen molar-refractivity contribution in [3.63, 3.8) is 0 Å². The fraction of sp³-hybridized carbons (Fsp3) is 0.462. The molecule has 0 aliphatic carbocycles. The van der Waals surface area contributed by atoms with E-state index < -0.39 is 22.1 Å². The second-order valence-electron chi connectivity index (χ2n) is 4.67. The van der Waals surface area contributed by atoms with Gasteiger partial charge in [-0.15, -0.1) is 0 Å². The minimum atomic E-state index is -3.69. The molecule has 0 radical (unpaired) electrons. The first-order chi connectivity index (χ1) is 9.95. The van der Waals surface area contributed by atoms with Crippen LogP contribution in [0.2, 0.25) is 0 Å². The number of carbonyl (C=O) groups excluding carboxylic acids is 1. The number of methoxy groups -OCH3 is 1. The van der Waals surface area contributed by atoms with Gasteiger partial charge in [0.2, 0.25) is 10.0 Å². The van der Waals surface area contributed by atoms with Crippen molar-refractivity contribution in [3.8, 4) is 0 Å². The third-order valence-electron chi connectivity index (χ3n) is 3.26. The third-order valence-corrected chi connectivity index (χ3v) is 5.20. The molecule has 1 atom stereocenters. The number of rotatable bonds is 4. The molecule has 1 aliphatic rings. The smallest absolute Gasteiger partial charge is 0.308 e. The van der Waals surface area contributed by atoms with E-state index in [4.69, 9.17) is 10.5 Å². The Labute approximate surface area is 123 Å². The largest absolute Gasteiger partial charge is 0.469 e. The zero-order chi connectivity index (χ0) is 15.5. The zero-order valence-electron chi connectivity index (χ0n) is 11.7. The number of nitrogens with zero attached hydrogens (tertiary/aromatic N) is 1. The van der Waals surface area contributed by atoms with Crippen LogP contribution in [0.15, 0.2) is 29.2 Å². The second-order valence-corrected chi connectivity index (χ2v) is 6.58. The van der Waals surface area contributed by atoms with Gasteiger partial charge in [0.1, 0.15) is 4.90 Å². The highest BCUT2D eigenvalue weighted by Gasteiger charge is 2.32. The van der Waals surface area contributed by atoms with Crippen LogP contribution in [-0.2, 0) is 24.3 Å². The van der Waals surface area contributed by atoms with E-state index in [1.165, 1.54) is 17.5 Å². The molecular formula is C13H18N2O5S. The summed E-state index contributed by atoms with van der Waals surface area (Å²) >= 11 is 0. The maximum atomic E-state index is 12.6. The molecule has 1 fully saturated rings. The number of hydrogen-bond acceptors (Lipinski definition) is 6. The fourth-order valence-electron chi connectivity index (χ4n) is 2.16. The molecule has 1 heterocycles. The van der Waals surface area contributed by atoms with Crippen molar-refractivity contribution in [1.82, 2.24) is 4.31 Å². The van der Waals surface area contributed by atoms with Crippen molar-refractivity contribution < 1.29 is 22.7 Å². The van der Waals surface area contributed by atoms with E-state index in [2.05, 4.69) is 4.74 Å². The van der Waals surface area contributed by atoms with Crippen molar-refractivity contribution >= 4 is 21.7 Å². The first-order valence-electron chi connectivity index (χ1n) is 6.48. The minimum absolute atomic E-state index is 0.0206. The van der Waals surface area contributed by atoms with Gasteiger partial charge in [-0.1, -0.05) is 12.1 Å². The lowest BCUT2D eigenvalue weighted by molar-refractivity contribution is -0.145. The second kappa shape index (κ2) is 6.42. The van der Waals surface area contributed by atoms with Crippen LogP contribution in [0.3, 0.4) is 0 Å². The Morgan fingerprint density at radius 3 is 2.86 bits per heavy atom. The molecule has 0 saturated carbocycles. The van der Waals surface area contributed by atoms with E-state index in [1.54, 1.807) is 18.2 Å². The standard InChI is InChI=1S/C13H18N2O5S/c1-19-13(16)8-10-9-15(6-7-20-10)21(17,18)12-5-3-2-4-11(12)14/h2-5,10H,6-9,14H2,1H3. The average Bonchev–Trinajstić information content (AvgIpc) is 2.47. The molecule has 1 saturated heterocycles. The topological polar surface area (TPSA) is 98.9 Å². The third kappa shape index (κ3) is 3.52. The Bertz CT molecular complexity index is 617. The van der Waals surface area contributed by atoms with Gasteiger partial charge >= 0.3 is 5.97 Å². The Morgan fingerprint density at radius 2 is 2.19 bits per heavy atom. The summed E-state index contributed by atoms with van der Waals surface area (Å²) in [7, 11) is -2.41. The summed E-state index contributed by atoms with van der Waals surface area (Å²) in [5, 5.41) is 0. The number of hydrogen-bond donors (Lipinski definition) is 1. The van der Waals surface area contributed by atoms with Gasteiger partial charge in [-0.05, 0) is 12.1 Å². The van der Waals surface area contributed by atoms with Crippen LogP contribution >= 0.6 is 0 Å². The lowest BCUT2D eigenvalue weighted by Crippen LogP contribution is -2.46. The van der Waals surface area contributed by atoms with Gasteiger partial charge in [0.15, 0.2) is 0 Å². The maximum absolute atomic E-state index is 12.6. The number of sulfonamides is 1. The SMILES string of the molecule is COC(=O)CC1CN(S(=O)(=O)c2ccccc2N)CCO1. The molecule has 0 bridgehead atoms. The van der Waals surface area contributed by atoms with Crippen LogP contribution in [-0.4, -0.2) is 51.6 Å². The number of morpholine rings is 1. The van der Waals surface area contributed by atoms with Crippen LogP contribution in [0, 0.1) is 0 Å². The number of nitrogens with two attached hydrogens (primary N) is 1. The van der Waals surface area contributed by atoms with Crippen LogP contribution in [0.1, 0.15) is 6.42 Å². The molecule has 1 aromatic carbocycles. The zero-order valence-corrected chi connectivity index (χ0v) is 12.5. The highest BCUT2D eigenvalue weighted by atomic mass is 32.2. The first-order valence-corrected chi connectivity index (χ1v) is 7.92. The lowest BCUT2D eigenvalue weighted by atomic mass is 10.2. The van der Waals surface area contributed by atoms with Gasteiger partial charge in [-0.2, -0.15) is 4.31 Å². The minimum Gasteiger partial charge on any atom is -0.469 e. The molecule has 116 valence electrons. The number of anilines is 1. The van der Waals surface area contributed by atoms with Crippen molar-refractivity contribution in [1.29, 1.82) is 0 Å². The van der Waals surface area contributed by atoms with Crippen LogP contribution in [0.25, 0.3) is 0 Å².